The van der Waals surface area contributed by atoms with Gasteiger partial charge in [0.25, 0.3) is 0 Å². The molecule has 2 heterocycles. The zero-order valence-corrected chi connectivity index (χ0v) is 11.4. The molecule has 0 aromatic carbocycles. The monoisotopic (exact) mass is 286 g/mol. The van der Waals surface area contributed by atoms with E-state index in [1.165, 1.54) is 11.3 Å². The Hall–Kier alpha value is -1.22. The molecule has 2 rings (SSSR count). The minimum Gasteiger partial charge on any atom is -0.326 e. The topological polar surface area (TPSA) is 101 Å². The Bertz CT molecular complexity index is 630. The normalized spacial score (nSPS) is 11.9. The minimum atomic E-state index is -3.47. The van der Waals surface area contributed by atoms with E-state index in [1.807, 2.05) is 6.92 Å². The number of hydrogen-bond acceptors (Lipinski definition) is 5. The molecule has 0 bridgehead atoms. The van der Waals surface area contributed by atoms with Crippen LogP contribution in [0.1, 0.15) is 16.1 Å². The highest BCUT2D eigenvalue weighted by atomic mass is 32.2. The number of sulfonamides is 1. The van der Waals surface area contributed by atoms with Gasteiger partial charge in [-0.05, 0) is 19.1 Å². The Labute approximate surface area is 109 Å². The molecule has 0 atom stereocenters. The number of nitrogens with one attached hydrogen (secondary N) is 2. The zero-order valence-electron chi connectivity index (χ0n) is 9.80. The second-order valence-corrected chi connectivity index (χ2v) is 6.93. The van der Waals surface area contributed by atoms with Crippen molar-refractivity contribution in [3.05, 3.63) is 34.5 Å². The molecule has 0 saturated heterocycles. The van der Waals surface area contributed by atoms with Gasteiger partial charge in [-0.1, -0.05) is 0 Å². The van der Waals surface area contributed by atoms with E-state index >= 15 is 0 Å². The molecule has 0 saturated carbocycles. The van der Waals surface area contributed by atoms with Crippen molar-refractivity contribution in [3.8, 4) is 0 Å². The molecule has 0 aliphatic heterocycles. The van der Waals surface area contributed by atoms with E-state index in [1.54, 1.807) is 18.3 Å². The number of H-pyrrole nitrogens is 1. The van der Waals surface area contributed by atoms with Crippen LogP contribution in [0.15, 0.2) is 22.5 Å². The van der Waals surface area contributed by atoms with Gasteiger partial charge in [-0.15, -0.1) is 11.3 Å². The van der Waals surface area contributed by atoms with E-state index in [2.05, 4.69) is 14.9 Å². The van der Waals surface area contributed by atoms with Crippen molar-refractivity contribution in [1.82, 2.24) is 14.9 Å². The number of nitrogens with two attached hydrogens (primary N) is 1. The Morgan fingerprint density at radius 1 is 1.50 bits per heavy atom. The summed E-state index contributed by atoms with van der Waals surface area (Å²) in [6.45, 7) is 2.41. The highest BCUT2D eigenvalue weighted by Gasteiger charge is 2.16. The maximum atomic E-state index is 12.0. The number of thiophene rings is 1. The molecule has 18 heavy (non-hydrogen) atoms. The number of rotatable bonds is 5. The Kier molecular flexibility index (Phi) is 3.81. The van der Waals surface area contributed by atoms with Gasteiger partial charge in [0.05, 0.1) is 6.20 Å². The van der Waals surface area contributed by atoms with E-state index < -0.39 is 10.0 Å². The summed E-state index contributed by atoms with van der Waals surface area (Å²) in [6.07, 6.45) is 1.61. The number of hydrogen-bond donors (Lipinski definition) is 3. The van der Waals surface area contributed by atoms with Gasteiger partial charge in [-0.25, -0.2) is 13.1 Å². The van der Waals surface area contributed by atoms with Gasteiger partial charge in [0.15, 0.2) is 0 Å². The van der Waals surface area contributed by atoms with Crippen LogP contribution in [-0.2, 0) is 23.1 Å². The van der Waals surface area contributed by atoms with Crippen LogP contribution in [0.2, 0.25) is 0 Å². The summed E-state index contributed by atoms with van der Waals surface area (Å²) >= 11 is 1.18. The first-order chi connectivity index (χ1) is 8.53. The summed E-state index contributed by atoms with van der Waals surface area (Å²) in [5, 5.41) is 6.60. The third-order valence-electron chi connectivity index (χ3n) is 2.49. The Morgan fingerprint density at radius 3 is 2.83 bits per heavy atom. The van der Waals surface area contributed by atoms with Gasteiger partial charge in [-0.2, -0.15) is 5.10 Å². The first-order valence-corrected chi connectivity index (χ1v) is 7.60. The molecule has 0 unspecified atom stereocenters. The van der Waals surface area contributed by atoms with Gasteiger partial charge >= 0.3 is 0 Å². The van der Waals surface area contributed by atoms with Gasteiger partial charge in [0.2, 0.25) is 10.0 Å². The van der Waals surface area contributed by atoms with Crippen LogP contribution in [-0.4, -0.2) is 18.6 Å². The molecule has 0 aliphatic rings. The molecule has 0 spiro atoms. The molecule has 6 nitrogen and oxygen atoms in total. The van der Waals surface area contributed by atoms with Crippen LogP contribution in [0.5, 0.6) is 0 Å². The fourth-order valence-corrected chi connectivity index (χ4v) is 3.70. The lowest BCUT2D eigenvalue weighted by molar-refractivity contribution is 0.583. The number of aromatic amines is 1. The number of aryl methyl sites for hydroxylation is 1. The van der Waals surface area contributed by atoms with Crippen LogP contribution < -0.4 is 10.5 Å². The van der Waals surface area contributed by atoms with Gasteiger partial charge in [0, 0.05) is 29.2 Å². The van der Waals surface area contributed by atoms with Crippen molar-refractivity contribution < 1.29 is 8.42 Å². The molecule has 8 heteroatoms. The smallest absolute Gasteiger partial charge is 0.250 e. The molecule has 2 aromatic heterocycles. The Balaban J connectivity index is 2.10. The quantitative estimate of drug-likeness (QED) is 0.753. The maximum Gasteiger partial charge on any atom is 0.250 e. The lowest BCUT2D eigenvalue weighted by atomic mass is 10.3. The first kappa shape index (κ1) is 13.2. The summed E-state index contributed by atoms with van der Waals surface area (Å²) < 4.78 is 26.8. The van der Waals surface area contributed by atoms with E-state index in [0.29, 0.717) is 6.54 Å². The van der Waals surface area contributed by atoms with E-state index in [0.717, 1.165) is 16.1 Å². The van der Waals surface area contributed by atoms with Crippen LogP contribution in [0, 0.1) is 6.92 Å². The lowest BCUT2D eigenvalue weighted by Gasteiger charge is -2.03. The highest BCUT2D eigenvalue weighted by molar-refractivity contribution is 7.91. The Morgan fingerprint density at radius 2 is 2.28 bits per heavy atom. The van der Waals surface area contributed by atoms with Crippen molar-refractivity contribution in [2.24, 2.45) is 5.73 Å². The molecule has 4 N–H and O–H groups in total. The average Bonchev–Trinajstić information content (AvgIpc) is 2.95. The standard InChI is InChI=1S/C10H14N4O2S2/c1-7-8(5-12-14-7)6-13-18(15,16)10-3-2-9(4-11)17-10/h2-3,5,13H,4,6,11H2,1H3,(H,12,14). The third kappa shape index (κ3) is 2.78. The maximum absolute atomic E-state index is 12.0. The molecule has 0 aliphatic carbocycles. The van der Waals surface area contributed by atoms with Crippen LogP contribution >= 0.6 is 11.3 Å². The second kappa shape index (κ2) is 5.19. The summed E-state index contributed by atoms with van der Waals surface area (Å²) in [7, 11) is -3.47. The van der Waals surface area contributed by atoms with Crippen LogP contribution in [0.3, 0.4) is 0 Å². The van der Waals surface area contributed by atoms with Crippen LogP contribution in [0.25, 0.3) is 0 Å². The van der Waals surface area contributed by atoms with Gasteiger partial charge in [-0.3, -0.25) is 5.10 Å². The molecule has 0 fully saturated rings. The lowest BCUT2D eigenvalue weighted by Crippen LogP contribution is -2.22. The van der Waals surface area contributed by atoms with Crippen molar-refractivity contribution in [2.75, 3.05) is 0 Å². The van der Waals surface area contributed by atoms with Crippen LogP contribution in [0.4, 0.5) is 0 Å². The fraction of sp³-hybridized carbons (Fsp3) is 0.300. The minimum absolute atomic E-state index is 0.223. The molecule has 98 valence electrons. The van der Waals surface area contributed by atoms with Gasteiger partial charge < -0.3 is 5.73 Å². The summed E-state index contributed by atoms with van der Waals surface area (Å²) in [5.74, 6) is 0. The number of nitrogens with zero attached hydrogens (tertiary/aromatic N) is 1. The van der Waals surface area contributed by atoms with Crippen molar-refractivity contribution in [3.63, 3.8) is 0 Å². The fourth-order valence-electron chi connectivity index (χ4n) is 1.41. The second-order valence-electron chi connectivity index (χ2n) is 3.77. The number of aromatic nitrogens is 2. The summed E-state index contributed by atoms with van der Waals surface area (Å²) in [5.41, 5.74) is 7.14. The van der Waals surface area contributed by atoms with E-state index in [9.17, 15) is 8.42 Å². The largest absolute Gasteiger partial charge is 0.326 e. The summed E-state index contributed by atoms with van der Waals surface area (Å²) in [4.78, 5) is 0.842. The van der Waals surface area contributed by atoms with Crippen molar-refractivity contribution in [1.29, 1.82) is 0 Å². The molecule has 2 aromatic rings. The predicted molar refractivity (Wildman–Crippen MR) is 69.6 cm³/mol. The van der Waals surface area contributed by atoms with Gasteiger partial charge in [0.1, 0.15) is 4.21 Å². The van der Waals surface area contributed by atoms with Crippen molar-refractivity contribution in [2.45, 2.75) is 24.2 Å². The highest BCUT2D eigenvalue weighted by Crippen LogP contribution is 2.21. The van der Waals surface area contributed by atoms with E-state index in [4.69, 9.17) is 5.73 Å². The third-order valence-corrected chi connectivity index (χ3v) is 5.49. The molecule has 0 radical (unpaired) electrons. The first-order valence-electron chi connectivity index (χ1n) is 5.30. The molecular formula is C10H14N4O2S2. The van der Waals surface area contributed by atoms with Crippen molar-refractivity contribution >= 4 is 21.4 Å². The average molecular weight is 286 g/mol. The zero-order chi connectivity index (χ0) is 13.2. The van der Waals surface area contributed by atoms with E-state index in [-0.39, 0.29) is 10.8 Å². The predicted octanol–water partition coefficient (Wildman–Crippen LogP) is 0.717. The molecular weight excluding hydrogens is 272 g/mol. The molecule has 0 amide bonds. The SMILES string of the molecule is Cc1[nH]ncc1CNS(=O)(=O)c1ccc(CN)s1. The summed E-state index contributed by atoms with van der Waals surface area (Å²) in [6, 6.07) is 3.29.